The highest BCUT2D eigenvalue weighted by Gasteiger charge is 2.44. The van der Waals surface area contributed by atoms with Gasteiger partial charge in [0.25, 0.3) is 0 Å². The van der Waals surface area contributed by atoms with Gasteiger partial charge in [-0.2, -0.15) is 0 Å². The molecule has 9 rings (SSSR count). The Kier molecular flexibility index (Phi) is 12.1. The SMILES string of the molecule is CCCc1ncc(C2Oc3cc(-c4cnc([C@@H]5CCCN5C(=O)CNC(=O)OC)[nH]4)cc(C)c3-c3cc4cc(-c5cnc([C@@H]6CCCN6C(=O)C(NC(=O)OC)C(C)(C)F)[nH]5)ccc4n32)s1. The second-order valence-corrected chi connectivity index (χ2v) is 18.6. The maximum Gasteiger partial charge on any atom is 0.407 e. The number of nitrogens with one attached hydrogen (secondary N) is 4. The zero-order valence-electron chi connectivity index (χ0n) is 37.7. The van der Waals surface area contributed by atoms with Crippen LogP contribution in [0.2, 0.25) is 0 Å². The third kappa shape index (κ3) is 8.35. The Morgan fingerprint density at radius 3 is 2.27 bits per heavy atom. The first kappa shape index (κ1) is 44.4. The molecule has 0 aliphatic carbocycles. The quantitative estimate of drug-likeness (QED) is 0.0935. The van der Waals surface area contributed by atoms with Gasteiger partial charge in [-0.25, -0.2) is 28.9 Å². The fraction of sp³-hybridized carbons (Fsp3) is 0.426. The summed E-state index contributed by atoms with van der Waals surface area (Å²) in [7, 11) is 2.43. The Labute approximate surface area is 384 Å². The van der Waals surface area contributed by atoms with Crippen molar-refractivity contribution < 1.29 is 37.8 Å². The van der Waals surface area contributed by atoms with E-state index in [0.29, 0.717) is 43.3 Å². The molecule has 2 saturated heterocycles. The van der Waals surface area contributed by atoms with Crippen molar-refractivity contribution >= 4 is 46.2 Å². The number of hydrogen-bond acceptors (Lipinski definition) is 11. The summed E-state index contributed by atoms with van der Waals surface area (Å²) in [6.45, 7) is 7.52. The molecule has 66 heavy (non-hydrogen) atoms. The van der Waals surface area contributed by atoms with Gasteiger partial charge in [0.2, 0.25) is 18.0 Å². The molecular weight excluding hydrogens is 868 g/mol. The molecule has 3 aliphatic heterocycles. The van der Waals surface area contributed by atoms with Crippen molar-refractivity contribution in [1.82, 2.24) is 49.9 Å². The van der Waals surface area contributed by atoms with Crippen LogP contribution < -0.4 is 15.4 Å². The average molecular weight is 921 g/mol. The van der Waals surface area contributed by atoms with Gasteiger partial charge >= 0.3 is 12.2 Å². The number of imidazole rings is 2. The minimum atomic E-state index is -2.04. The number of aryl methyl sites for hydroxylation is 2. The van der Waals surface area contributed by atoms with E-state index in [-0.39, 0.29) is 18.5 Å². The maximum absolute atomic E-state index is 15.3. The molecule has 4 aromatic heterocycles. The fourth-order valence-corrected chi connectivity index (χ4v) is 10.5. The van der Waals surface area contributed by atoms with Gasteiger partial charge in [-0.3, -0.25) is 14.2 Å². The standard InChI is InChI=1S/C47H53FN10O7S/c1-7-10-37-49-23-36(66-37)44-58-31-14-13-26(29-21-50-42(53-29)33-12-9-16-57(33)43(60)40(47(3,4)48)55-46(62)64-6)18-28(31)19-34(58)39-25(2)17-27(20-35(39)65-44)30-22-51-41(54-30)32-11-8-15-56(32)38(59)24-52-45(61)63-5/h13-14,17-23,32-33,40,44H,7-12,15-16,24H2,1-6H3,(H,50,53)(H,51,54)(H,52,61)(H,55,62)/t32-,33-,40?,44?/m0/s1. The van der Waals surface area contributed by atoms with Gasteiger partial charge in [0.05, 0.1) is 71.2 Å². The summed E-state index contributed by atoms with van der Waals surface area (Å²) < 4.78 is 33.9. The van der Waals surface area contributed by atoms with Crippen LogP contribution in [0.25, 0.3) is 44.7 Å². The lowest BCUT2D eigenvalue weighted by molar-refractivity contribution is -0.138. The van der Waals surface area contributed by atoms with Crippen molar-refractivity contribution in [3.05, 3.63) is 82.1 Å². The van der Waals surface area contributed by atoms with Crippen molar-refractivity contribution in [2.45, 2.75) is 96.2 Å². The molecule has 17 nitrogen and oxygen atoms in total. The van der Waals surface area contributed by atoms with Crippen LogP contribution in [-0.2, 0) is 25.5 Å². The van der Waals surface area contributed by atoms with Crippen molar-refractivity contribution in [2.75, 3.05) is 33.9 Å². The van der Waals surface area contributed by atoms with Crippen molar-refractivity contribution in [3.63, 3.8) is 0 Å². The number of aromatic amines is 2. The Balaban J connectivity index is 1.03. The van der Waals surface area contributed by atoms with Gasteiger partial charge in [0.15, 0.2) is 0 Å². The molecule has 2 aromatic carbocycles. The van der Waals surface area contributed by atoms with E-state index in [9.17, 15) is 19.2 Å². The molecule has 3 aliphatic rings. The molecule has 346 valence electrons. The Morgan fingerprint density at radius 1 is 0.909 bits per heavy atom. The molecule has 0 saturated carbocycles. The number of rotatable bonds is 12. The Hall–Kier alpha value is -6.76. The number of hydrogen-bond donors (Lipinski definition) is 4. The first-order valence-electron chi connectivity index (χ1n) is 22.2. The molecule has 2 unspecified atom stereocenters. The van der Waals surface area contributed by atoms with E-state index < -0.39 is 42.1 Å². The van der Waals surface area contributed by atoms with E-state index in [4.69, 9.17) is 19.7 Å². The number of thiazole rings is 1. The van der Waals surface area contributed by atoms with E-state index in [2.05, 4.69) is 72.8 Å². The molecule has 19 heteroatoms. The van der Waals surface area contributed by atoms with E-state index in [0.717, 1.165) is 85.8 Å². The minimum Gasteiger partial charge on any atom is -0.464 e. The number of methoxy groups -OCH3 is 2. The minimum absolute atomic E-state index is 0.160. The predicted octanol–water partition coefficient (Wildman–Crippen LogP) is 7.90. The number of halogens is 1. The topological polar surface area (TPSA) is 202 Å². The summed E-state index contributed by atoms with van der Waals surface area (Å²) in [5.41, 5.74) is 5.20. The molecule has 0 bridgehead atoms. The van der Waals surface area contributed by atoms with E-state index >= 15 is 4.39 Å². The highest BCUT2D eigenvalue weighted by atomic mass is 32.1. The number of benzene rings is 2. The van der Waals surface area contributed by atoms with E-state index in [1.807, 2.05) is 18.3 Å². The number of fused-ring (bicyclic) bond motifs is 5. The highest BCUT2D eigenvalue weighted by Crippen LogP contribution is 2.48. The lowest BCUT2D eigenvalue weighted by atomic mass is 9.98. The van der Waals surface area contributed by atoms with Crippen LogP contribution in [0, 0.1) is 6.92 Å². The lowest BCUT2D eigenvalue weighted by Gasteiger charge is -2.32. The lowest BCUT2D eigenvalue weighted by Crippen LogP contribution is -2.56. The monoisotopic (exact) mass is 920 g/mol. The molecule has 0 spiro atoms. The van der Waals surface area contributed by atoms with Gasteiger partial charge in [0, 0.05) is 41.4 Å². The van der Waals surface area contributed by atoms with E-state index in [1.54, 1.807) is 33.5 Å². The van der Waals surface area contributed by atoms with Crippen LogP contribution >= 0.6 is 11.3 Å². The molecule has 2 fully saturated rings. The summed E-state index contributed by atoms with van der Waals surface area (Å²) in [6.07, 6.45) is 8.13. The van der Waals surface area contributed by atoms with Gasteiger partial charge in [-0.1, -0.05) is 13.0 Å². The van der Waals surface area contributed by atoms with Gasteiger partial charge in [-0.15, -0.1) is 11.3 Å². The van der Waals surface area contributed by atoms with Crippen LogP contribution in [-0.4, -0.2) is 109 Å². The van der Waals surface area contributed by atoms with Crippen LogP contribution in [0.3, 0.4) is 0 Å². The summed E-state index contributed by atoms with van der Waals surface area (Å²) in [5, 5.41) is 6.90. The molecule has 4 amide bonds. The first-order valence-corrected chi connectivity index (χ1v) is 23.0. The summed E-state index contributed by atoms with van der Waals surface area (Å²) in [5.74, 6) is 1.22. The van der Waals surface area contributed by atoms with Gasteiger partial charge in [0.1, 0.15) is 35.7 Å². The third-order valence-electron chi connectivity index (χ3n) is 12.6. The molecule has 4 atom stereocenters. The number of carbonyl (C=O) groups is 4. The third-order valence-corrected chi connectivity index (χ3v) is 13.7. The van der Waals surface area contributed by atoms with Crippen LogP contribution in [0.5, 0.6) is 5.75 Å². The maximum atomic E-state index is 15.3. The second kappa shape index (κ2) is 17.9. The molecule has 7 heterocycles. The number of alkyl halides is 1. The number of H-pyrrole nitrogens is 2. The van der Waals surface area contributed by atoms with Crippen LogP contribution in [0.4, 0.5) is 14.0 Å². The van der Waals surface area contributed by atoms with Crippen molar-refractivity contribution in [2.24, 2.45) is 0 Å². The molecular formula is C47H53FN10O7S. The smallest absolute Gasteiger partial charge is 0.407 e. The number of carbonyl (C=O) groups excluding carboxylic acids is 4. The molecule has 6 aromatic rings. The summed E-state index contributed by atoms with van der Waals surface area (Å²) >= 11 is 1.64. The number of nitrogens with zero attached hydrogens (tertiary/aromatic N) is 6. The number of amides is 4. The Morgan fingerprint density at radius 2 is 1.59 bits per heavy atom. The number of alkyl carbamates (subject to hydrolysis) is 2. The number of aromatic nitrogens is 6. The Bertz CT molecular complexity index is 2820. The highest BCUT2D eigenvalue weighted by molar-refractivity contribution is 7.11. The van der Waals surface area contributed by atoms with E-state index in [1.165, 1.54) is 28.1 Å². The first-order chi connectivity index (χ1) is 31.8. The largest absolute Gasteiger partial charge is 0.464 e. The summed E-state index contributed by atoms with van der Waals surface area (Å²) in [6, 6.07) is 10.4. The van der Waals surface area contributed by atoms with Crippen LogP contribution in [0.15, 0.2) is 55.0 Å². The van der Waals surface area contributed by atoms with Crippen molar-refractivity contribution in [1.29, 1.82) is 0 Å². The van der Waals surface area contributed by atoms with Crippen LogP contribution in [0.1, 0.15) is 98.3 Å². The molecule has 0 radical (unpaired) electrons. The van der Waals surface area contributed by atoms with Gasteiger partial charge < -0.3 is 44.6 Å². The zero-order valence-corrected chi connectivity index (χ0v) is 38.5. The molecule has 4 N–H and O–H groups in total. The normalized spacial score (nSPS) is 18.4. The number of likely N-dealkylation sites (tertiary alicyclic amines) is 2. The zero-order chi connectivity index (χ0) is 46.4. The van der Waals surface area contributed by atoms with Gasteiger partial charge in [-0.05, 0) is 95.2 Å². The fourth-order valence-electron chi connectivity index (χ4n) is 9.47. The number of ether oxygens (including phenoxy) is 3. The summed E-state index contributed by atoms with van der Waals surface area (Å²) in [4.78, 5) is 76.0. The average Bonchev–Trinajstić information content (AvgIpc) is 4.16. The van der Waals surface area contributed by atoms with Crippen molar-refractivity contribution in [3.8, 4) is 39.5 Å². The predicted molar refractivity (Wildman–Crippen MR) is 244 cm³/mol. The second-order valence-electron chi connectivity index (χ2n) is 17.5.